The highest BCUT2D eigenvalue weighted by Crippen LogP contribution is 2.36. The minimum absolute atomic E-state index is 0.513. The van der Waals surface area contributed by atoms with E-state index in [9.17, 15) is 9.90 Å². The number of benzene rings is 1. The molecule has 1 unspecified atom stereocenters. The Kier molecular flexibility index (Phi) is 6.53. The van der Waals surface area contributed by atoms with Crippen molar-refractivity contribution in [3.8, 4) is 11.5 Å². The van der Waals surface area contributed by atoms with Crippen LogP contribution >= 0.6 is 0 Å². The molecule has 21 heavy (non-hydrogen) atoms. The Labute approximate surface area is 127 Å². The second kappa shape index (κ2) is 7.91. The molecule has 0 saturated carbocycles. The third-order valence-electron chi connectivity index (χ3n) is 4.13. The van der Waals surface area contributed by atoms with Crippen LogP contribution in [-0.4, -0.2) is 25.3 Å². The van der Waals surface area contributed by atoms with Crippen molar-refractivity contribution in [3.63, 3.8) is 0 Å². The monoisotopic (exact) mass is 294 g/mol. The number of carboxylic acids is 1. The summed E-state index contributed by atoms with van der Waals surface area (Å²) >= 11 is 0. The normalized spacial score (nSPS) is 13.5. The van der Waals surface area contributed by atoms with E-state index in [1.165, 1.54) is 0 Å². The Balaban J connectivity index is 3.05. The average molecular weight is 294 g/mol. The standard InChI is InChI=1S/C17H26O4/c1-5-7-10-17(6-2,16(18)19)12-13-8-9-14(20-3)15(11-13)21-4/h8-9,11H,5-7,10,12H2,1-4H3,(H,18,19). The van der Waals surface area contributed by atoms with Gasteiger partial charge in [-0.15, -0.1) is 0 Å². The number of rotatable bonds is 9. The SMILES string of the molecule is CCCCC(CC)(Cc1ccc(OC)c(OC)c1)C(=O)O. The van der Waals surface area contributed by atoms with E-state index in [2.05, 4.69) is 6.92 Å². The number of ether oxygens (including phenoxy) is 2. The topological polar surface area (TPSA) is 55.8 Å². The molecular formula is C17H26O4. The Morgan fingerprint density at radius 1 is 1.19 bits per heavy atom. The summed E-state index contributed by atoms with van der Waals surface area (Å²) in [5, 5.41) is 9.68. The van der Waals surface area contributed by atoms with E-state index < -0.39 is 11.4 Å². The lowest BCUT2D eigenvalue weighted by Gasteiger charge is -2.28. The zero-order chi connectivity index (χ0) is 15.9. The molecule has 1 rings (SSSR count). The molecule has 0 aliphatic rings. The maximum atomic E-state index is 11.8. The van der Waals surface area contributed by atoms with E-state index in [4.69, 9.17) is 9.47 Å². The van der Waals surface area contributed by atoms with Gasteiger partial charge in [-0.1, -0.05) is 32.8 Å². The fourth-order valence-electron chi connectivity index (χ4n) is 2.62. The van der Waals surface area contributed by atoms with Crippen molar-refractivity contribution in [2.75, 3.05) is 14.2 Å². The van der Waals surface area contributed by atoms with E-state index in [-0.39, 0.29) is 0 Å². The predicted molar refractivity (Wildman–Crippen MR) is 83.1 cm³/mol. The van der Waals surface area contributed by atoms with Crippen LogP contribution in [0.3, 0.4) is 0 Å². The first kappa shape index (κ1) is 17.3. The van der Waals surface area contributed by atoms with E-state index in [1.807, 2.05) is 25.1 Å². The van der Waals surface area contributed by atoms with Gasteiger partial charge < -0.3 is 14.6 Å². The van der Waals surface area contributed by atoms with E-state index in [0.29, 0.717) is 30.8 Å². The van der Waals surface area contributed by atoms with Gasteiger partial charge in [0.1, 0.15) is 0 Å². The first-order chi connectivity index (χ1) is 10.0. The van der Waals surface area contributed by atoms with Gasteiger partial charge in [-0.05, 0) is 37.0 Å². The first-order valence-electron chi connectivity index (χ1n) is 7.47. The number of hydrogen-bond acceptors (Lipinski definition) is 3. The molecule has 0 amide bonds. The van der Waals surface area contributed by atoms with Crippen LogP contribution < -0.4 is 9.47 Å². The molecule has 118 valence electrons. The lowest BCUT2D eigenvalue weighted by Crippen LogP contribution is -2.32. The van der Waals surface area contributed by atoms with Gasteiger partial charge in [0, 0.05) is 0 Å². The molecule has 0 bridgehead atoms. The first-order valence-corrected chi connectivity index (χ1v) is 7.47. The van der Waals surface area contributed by atoms with Crippen molar-refractivity contribution in [2.24, 2.45) is 5.41 Å². The molecule has 0 saturated heterocycles. The van der Waals surface area contributed by atoms with E-state index >= 15 is 0 Å². The smallest absolute Gasteiger partial charge is 0.309 e. The molecule has 0 aliphatic carbocycles. The Morgan fingerprint density at radius 2 is 1.86 bits per heavy atom. The number of methoxy groups -OCH3 is 2. The number of carbonyl (C=O) groups is 1. The van der Waals surface area contributed by atoms with Gasteiger partial charge in [0.05, 0.1) is 19.6 Å². The van der Waals surface area contributed by atoms with Gasteiger partial charge in [-0.25, -0.2) is 0 Å². The van der Waals surface area contributed by atoms with Gasteiger partial charge >= 0.3 is 5.97 Å². The molecule has 1 atom stereocenters. The van der Waals surface area contributed by atoms with Crippen LogP contribution in [0.25, 0.3) is 0 Å². The van der Waals surface area contributed by atoms with Crippen LogP contribution in [0.5, 0.6) is 11.5 Å². The van der Waals surface area contributed by atoms with Crippen molar-refractivity contribution in [2.45, 2.75) is 46.0 Å². The van der Waals surface area contributed by atoms with Gasteiger partial charge in [0.2, 0.25) is 0 Å². The van der Waals surface area contributed by atoms with Gasteiger partial charge in [0.15, 0.2) is 11.5 Å². The number of hydrogen-bond donors (Lipinski definition) is 1. The largest absolute Gasteiger partial charge is 0.493 e. The maximum Gasteiger partial charge on any atom is 0.309 e. The second-order valence-electron chi connectivity index (χ2n) is 5.41. The number of aliphatic carboxylic acids is 1. The molecule has 1 aromatic carbocycles. The summed E-state index contributed by atoms with van der Waals surface area (Å²) in [6, 6.07) is 5.62. The van der Waals surface area contributed by atoms with Crippen LogP contribution in [0.1, 0.15) is 45.1 Å². The van der Waals surface area contributed by atoms with Crippen molar-refractivity contribution >= 4 is 5.97 Å². The minimum Gasteiger partial charge on any atom is -0.493 e. The molecule has 0 fully saturated rings. The lowest BCUT2D eigenvalue weighted by molar-refractivity contribution is -0.149. The van der Waals surface area contributed by atoms with E-state index in [1.54, 1.807) is 14.2 Å². The van der Waals surface area contributed by atoms with Crippen LogP contribution in [0, 0.1) is 5.41 Å². The average Bonchev–Trinajstić information content (AvgIpc) is 2.50. The Bertz CT molecular complexity index is 470. The van der Waals surface area contributed by atoms with Crippen LogP contribution in [-0.2, 0) is 11.2 Å². The molecule has 0 spiro atoms. The molecule has 0 aromatic heterocycles. The highest BCUT2D eigenvalue weighted by molar-refractivity contribution is 5.75. The quantitative estimate of drug-likeness (QED) is 0.750. The highest BCUT2D eigenvalue weighted by atomic mass is 16.5. The lowest BCUT2D eigenvalue weighted by atomic mass is 9.75. The van der Waals surface area contributed by atoms with Crippen LogP contribution in [0.2, 0.25) is 0 Å². The van der Waals surface area contributed by atoms with Crippen molar-refractivity contribution in [1.29, 1.82) is 0 Å². The summed E-state index contributed by atoms with van der Waals surface area (Å²) in [6.45, 7) is 4.03. The molecule has 4 nitrogen and oxygen atoms in total. The summed E-state index contributed by atoms with van der Waals surface area (Å²) in [4.78, 5) is 11.8. The Morgan fingerprint density at radius 3 is 2.33 bits per heavy atom. The summed E-state index contributed by atoms with van der Waals surface area (Å²) in [5.41, 5.74) is 0.267. The summed E-state index contributed by atoms with van der Waals surface area (Å²) in [5.74, 6) is 0.585. The molecule has 0 aliphatic heterocycles. The third kappa shape index (κ3) is 4.13. The van der Waals surface area contributed by atoms with Crippen molar-refractivity contribution in [1.82, 2.24) is 0 Å². The zero-order valence-electron chi connectivity index (χ0n) is 13.4. The van der Waals surface area contributed by atoms with Gasteiger partial charge in [-0.2, -0.15) is 0 Å². The van der Waals surface area contributed by atoms with Crippen molar-refractivity contribution < 1.29 is 19.4 Å². The second-order valence-corrected chi connectivity index (χ2v) is 5.41. The van der Waals surface area contributed by atoms with Crippen molar-refractivity contribution in [3.05, 3.63) is 23.8 Å². The molecule has 0 radical (unpaired) electrons. The zero-order valence-corrected chi connectivity index (χ0v) is 13.4. The third-order valence-corrected chi connectivity index (χ3v) is 4.13. The Hall–Kier alpha value is -1.71. The minimum atomic E-state index is -0.715. The highest BCUT2D eigenvalue weighted by Gasteiger charge is 2.36. The van der Waals surface area contributed by atoms with E-state index in [0.717, 1.165) is 18.4 Å². The predicted octanol–water partition coefficient (Wildman–Crippen LogP) is 3.92. The maximum absolute atomic E-state index is 11.8. The summed E-state index contributed by atoms with van der Waals surface area (Å²) in [7, 11) is 3.18. The number of carboxylic acid groups (broad SMARTS) is 1. The molecule has 0 heterocycles. The molecule has 1 N–H and O–H groups in total. The van der Waals surface area contributed by atoms with Crippen LogP contribution in [0.15, 0.2) is 18.2 Å². The molecule has 1 aromatic rings. The van der Waals surface area contributed by atoms with Crippen LogP contribution in [0.4, 0.5) is 0 Å². The number of unbranched alkanes of at least 4 members (excludes halogenated alkanes) is 1. The van der Waals surface area contributed by atoms with Gasteiger partial charge in [0.25, 0.3) is 0 Å². The van der Waals surface area contributed by atoms with Gasteiger partial charge in [-0.3, -0.25) is 4.79 Å². The fraction of sp³-hybridized carbons (Fsp3) is 0.588. The molecule has 4 heteroatoms. The molecular weight excluding hydrogens is 268 g/mol. The summed E-state index contributed by atoms with van der Waals surface area (Å²) < 4.78 is 10.5. The summed E-state index contributed by atoms with van der Waals surface area (Å²) in [6.07, 6.45) is 3.76. The fourth-order valence-corrected chi connectivity index (χ4v) is 2.62.